The Balaban J connectivity index is 1.61. The lowest BCUT2D eigenvalue weighted by Gasteiger charge is -2.27. The predicted molar refractivity (Wildman–Crippen MR) is 87.1 cm³/mol. The highest BCUT2D eigenvalue weighted by Gasteiger charge is 2.25. The molecule has 0 radical (unpaired) electrons. The van der Waals surface area contributed by atoms with Crippen LogP contribution in [0.2, 0.25) is 0 Å². The SMILES string of the molecule is O=C(NC1CCCCC1O)c1csc(Cc2ccccc2)n1. The quantitative estimate of drug-likeness (QED) is 0.912. The molecule has 1 aromatic carbocycles. The first-order chi connectivity index (χ1) is 10.7. The van der Waals surface area contributed by atoms with Gasteiger partial charge in [0.1, 0.15) is 5.69 Å². The van der Waals surface area contributed by atoms with E-state index in [9.17, 15) is 9.90 Å². The van der Waals surface area contributed by atoms with E-state index >= 15 is 0 Å². The minimum atomic E-state index is -0.430. The summed E-state index contributed by atoms with van der Waals surface area (Å²) in [4.78, 5) is 16.7. The number of carbonyl (C=O) groups excluding carboxylic acids is 1. The second-order valence-electron chi connectivity index (χ2n) is 5.72. The molecule has 1 aromatic heterocycles. The van der Waals surface area contributed by atoms with E-state index in [-0.39, 0.29) is 11.9 Å². The third-order valence-corrected chi connectivity index (χ3v) is 4.88. The number of nitrogens with zero attached hydrogens (tertiary/aromatic N) is 1. The summed E-state index contributed by atoms with van der Waals surface area (Å²) in [6.45, 7) is 0. The highest BCUT2D eigenvalue weighted by Crippen LogP contribution is 2.19. The Morgan fingerprint density at radius 3 is 2.82 bits per heavy atom. The Hall–Kier alpha value is -1.72. The van der Waals surface area contributed by atoms with E-state index in [0.717, 1.165) is 37.1 Å². The largest absolute Gasteiger partial charge is 0.391 e. The molecule has 4 nitrogen and oxygen atoms in total. The zero-order valence-electron chi connectivity index (χ0n) is 12.4. The predicted octanol–water partition coefficient (Wildman–Crippen LogP) is 2.77. The number of thiazole rings is 1. The van der Waals surface area contributed by atoms with Crippen LogP contribution in [0.5, 0.6) is 0 Å². The average Bonchev–Trinajstić information content (AvgIpc) is 2.99. The monoisotopic (exact) mass is 316 g/mol. The van der Waals surface area contributed by atoms with E-state index in [4.69, 9.17) is 0 Å². The van der Waals surface area contributed by atoms with Crippen LogP contribution in [0, 0.1) is 0 Å². The van der Waals surface area contributed by atoms with Crippen molar-refractivity contribution in [1.29, 1.82) is 0 Å². The summed E-state index contributed by atoms with van der Waals surface area (Å²) < 4.78 is 0. The van der Waals surface area contributed by atoms with Gasteiger partial charge in [0.25, 0.3) is 5.91 Å². The fourth-order valence-electron chi connectivity index (χ4n) is 2.79. The number of amides is 1. The molecule has 0 aliphatic heterocycles. The Labute approximate surface area is 134 Å². The van der Waals surface area contributed by atoms with Crippen LogP contribution in [0.4, 0.5) is 0 Å². The van der Waals surface area contributed by atoms with Crippen LogP contribution in [-0.4, -0.2) is 28.1 Å². The molecule has 2 atom stereocenters. The molecular formula is C17H20N2O2S. The number of benzene rings is 1. The van der Waals surface area contributed by atoms with Crippen molar-refractivity contribution in [3.8, 4) is 0 Å². The molecule has 22 heavy (non-hydrogen) atoms. The first kappa shape index (κ1) is 15.2. The molecular weight excluding hydrogens is 296 g/mol. The molecule has 2 aromatic rings. The van der Waals surface area contributed by atoms with E-state index < -0.39 is 6.10 Å². The van der Waals surface area contributed by atoms with Gasteiger partial charge < -0.3 is 10.4 Å². The van der Waals surface area contributed by atoms with Crippen molar-refractivity contribution < 1.29 is 9.90 Å². The Kier molecular flexibility index (Phi) is 4.85. The molecule has 0 bridgehead atoms. The zero-order chi connectivity index (χ0) is 15.4. The maximum absolute atomic E-state index is 12.2. The van der Waals surface area contributed by atoms with Crippen LogP contribution in [0.3, 0.4) is 0 Å². The molecule has 1 heterocycles. The number of aliphatic hydroxyl groups excluding tert-OH is 1. The molecule has 2 unspecified atom stereocenters. The van der Waals surface area contributed by atoms with E-state index in [1.165, 1.54) is 16.9 Å². The van der Waals surface area contributed by atoms with Gasteiger partial charge in [0.2, 0.25) is 0 Å². The van der Waals surface area contributed by atoms with E-state index in [2.05, 4.69) is 22.4 Å². The number of hydrogen-bond donors (Lipinski definition) is 2. The Bertz CT molecular complexity index is 627. The number of carbonyl (C=O) groups is 1. The fraction of sp³-hybridized carbons (Fsp3) is 0.412. The van der Waals surface area contributed by atoms with Gasteiger partial charge >= 0.3 is 0 Å². The number of hydrogen-bond acceptors (Lipinski definition) is 4. The summed E-state index contributed by atoms with van der Waals surface area (Å²) in [6.07, 6.45) is 4.00. The second kappa shape index (κ2) is 7.03. The second-order valence-corrected chi connectivity index (χ2v) is 6.66. The van der Waals surface area contributed by atoms with Crippen molar-refractivity contribution in [2.75, 3.05) is 0 Å². The lowest BCUT2D eigenvalue weighted by Crippen LogP contribution is -2.45. The van der Waals surface area contributed by atoms with Gasteiger partial charge in [-0.2, -0.15) is 0 Å². The van der Waals surface area contributed by atoms with Crippen LogP contribution in [0.15, 0.2) is 35.7 Å². The normalized spacial score (nSPS) is 21.5. The molecule has 1 aliphatic rings. The van der Waals surface area contributed by atoms with Crippen molar-refractivity contribution in [2.45, 2.75) is 44.2 Å². The van der Waals surface area contributed by atoms with Crippen LogP contribution >= 0.6 is 11.3 Å². The molecule has 0 saturated heterocycles. The molecule has 3 rings (SSSR count). The zero-order valence-corrected chi connectivity index (χ0v) is 13.2. The van der Waals surface area contributed by atoms with Gasteiger partial charge in [0.15, 0.2) is 0 Å². The number of aromatic nitrogens is 1. The van der Waals surface area contributed by atoms with Crippen LogP contribution in [-0.2, 0) is 6.42 Å². The molecule has 1 saturated carbocycles. The Morgan fingerprint density at radius 1 is 1.27 bits per heavy atom. The first-order valence-corrected chi connectivity index (χ1v) is 8.57. The molecule has 1 aliphatic carbocycles. The Morgan fingerprint density at radius 2 is 2.05 bits per heavy atom. The minimum absolute atomic E-state index is 0.138. The first-order valence-electron chi connectivity index (χ1n) is 7.69. The standard InChI is InChI=1S/C17H20N2O2S/c20-15-9-5-4-8-13(15)19-17(21)14-11-22-16(18-14)10-12-6-2-1-3-7-12/h1-3,6-7,11,13,15,20H,4-5,8-10H2,(H,19,21). The van der Waals surface area contributed by atoms with Gasteiger partial charge in [-0.3, -0.25) is 4.79 Å². The van der Waals surface area contributed by atoms with Crippen molar-refractivity contribution in [2.24, 2.45) is 0 Å². The summed E-state index contributed by atoms with van der Waals surface area (Å²) in [6, 6.07) is 9.96. The molecule has 1 amide bonds. The summed E-state index contributed by atoms with van der Waals surface area (Å²) in [5.74, 6) is -0.179. The van der Waals surface area contributed by atoms with Crippen LogP contribution in [0.25, 0.3) is 0 Å². The summed E-state index contributed by atoms with van der Waals surface area (Å²) >= 11 is 1.50. The van der Waals surface area contributed by atoms with Gasteiger partial charge in [0, 0.05) is 11.8 Å². The van der Waals surface area contributed by atoms with Crippen molar-refractivity contribution in [1.82, 2.24) is 10.3 Å². The van der Waals surface area contributed by atoms with Gasteiger partial charge in [-0.25, -0.2) is 4.98 Å². The van der Waals surface area contributed by atoms with E-state index in [1.54, 1.807) is 5.38 Å². The topological polar surface area (TPSA) is 62.2 Å². The van der Waals surface area contributed by atoms with Crippen molar-refractivity contribution >= 4 is 17.2 Å². The van der Waals surface area contributed by atoms with Crippen LogP contribution in [0.1, 0.15) is 46.7 Å². The minimum Gasteiger partial charge on any atom is -0.391 e. The number of aliphatic hydroxyl groups is 1. The third-order valence-electron chi connectivity index (χ3n) is 4.03. The van der Waals surface area contributed by atoms with Gasteiger partial charge in [-0.05, 0) is 18.4 Å². The van der Waals surface area contributed by atoms with Crippen LogP contribution < -0.4 is 5.32 Å². The van der Waals surface area contributed by atoms with Crippen molar-refractivity contribution in [3.05, 3.63) is 52.0 Å². The van der Waals surface area contributed by atoms with Gasteiger partial charge in [-0.1, -0.05) is 43.2 Å². The van der Waals surface area contributed by atoms with Crippen molar-refractivity contribution in [3.63, 3.8) is 0 Å². The lowest BCUT2D eigenvalue weighted by atomic mass is 9.92. The maximum atomic E-state index is 12.2. The molecule has 116 valence electrons. The highest BCUT2D eigenvalue weighted by molar-refractivity contribution is 7.09. The average molecular weight is 316 g/mol. The summed E-state index contributed by atoms with van der Waals surface area (Å²) in [7, 11) is 0. The summed E-state index contributed by atoms with van der Waals surface area (Å²) in [5.41, 5.74) is 1.64. The lowest BCUT2D eigenvalue weighted by molar-refractivity contribution is 0.0714. The maximum Gasteiger partial charge on any atom is 0.271 e. The third kappa shape index (κ3) is 3.72. The van der Waals surface area contributed by atoms with E-state index in [1.807, 2.05) is 18.2 Å². The number of rotatable bonds is 4. The van der Waals surface area contributed by atoms with Gasteiger partial charge in [-0.15, -0.1) is 11.3 Å². The molecule has 1 fully saturated rings. The molecule has 0 spiro atoms. The summed E-state index contributed by atoms with van der Waals surface area (Å²) in [5, 5.41) is 15.6. The smallest absolute Gasteiger partial charge is 0.271 e. The molecule has 5 heteroatoms. The molecule has 2 N–H and O–H groups in total. The van der Waals surface area contributed by atoms with Gasteiger partial charge in [0.05, 0.1) is 17.2 Å². The fourth-order valence-corrected chi connectivity index (χ4v) is 3.60. The van der Waals surface area contributed by atoms with E-state index in [0.29, 0.717) is 5.69 Å². The number of nitrogens with one attached hydrogen (secondary N) is 1. The highest BCUT2D eigenvalue weighted by atomic mass is 32.1.